The van der Waals surface area contributed by atoms with Crippen molar-refractivity contribution in [3.05, 3.63) is 102 Å². The third kappa shape index (κ3) is 5.74. The second kappa shape index (κ2) is 10.3. The maximum absolute atomic E-state index is 13.3. The molecule has 1 aliphatic rings. The van der Waals surface area contributed by atoms with Crippen LogP contribution in [0.4, 0.5) is 5.69 Å². The highest BCUT2D eigenvalue weighted by atomic mass is 16.5. The number of likely N-dealkylation sites (tertiary alicyclic amines) is 1. The van der Waals surface area contributed by atoms with Crippen molar-refractivity contribution in [2.24, 2.45) is 0 Å². The number of para-hydroxylation sites is 1. The lowest BCUT2D eigenvalue weighted by atomic mass is 9.86. The van der Waals surface area contributed by atoms with Gasteiger partial charge < -0.3 is 15.0 Å². The van der Waals surface area contributed by atoms with Gasteiger partial charge in [0.05, 0.1) is 0 Å². The van der Waals surface area contributed by atoms with Crippen LogP contribution in [0.15, 0.2) is 91.0 Å². The summed E-state index contributed by atoms with van der Waals surface area (Å²) >= 11 is 0. The maximum atomic E-state index is 13.3. The molecule has 4 nitrogen and oxygen atoms in total. The zero-order chi connectivity index (χ0) is 21.4. The molecule has 1 N–H and O–H groups in total. The van der Waals surface area contributed by atoms with Gasteiger partial charge >= 0.3 is 5.97 Å². The Labute approximate surface area is 184 Å². The summed E-state index contributed by atoms with van der Waals surface area (Å²) in [6.07, 6.45) is 2.48. The number of ether oxygens (including phenoxy) is 1. The number of nitrogens with one attached hydrogen (secondary N) is 1. The van der Waals surface area contributed by atoms with Crippen molar-refractivity contribution in [2.45, 2.75) is 31.4 Å². The third-order valence-electron chi connectivity index (χ3n) is 6.03. The van der Waals surface area contributed by atoms with E-state index in [2.05, 4.69) is 40.5 Å². The zero-order valence-corrected chi connectivity index (χ0v) is 17.9. The van der Waals surface area contributed by atoms with Crippen LogP contribution in [0, 0.1) is 0 Å². The fourth-order valence-corrected chi connectivity index (χ4v) is 4.13. The van der Waals surface area contributed by atoms with Crippen LogP contribution >= 0.6 is 0 Å². The van der Waals surface area contributed by atoms with Crippen LogP contribution in [0.25, 0.3) is 0 Å². The number of rotatable bonds is 8. The van der Waals surface area contributed by atoms with Crippen molar-refractivity contribution in [3.8, 4) is 0 Å². The number of nitrogens with zero attached hydrogens (tertiary/aromatic N) is 1. The Kier molecular flexibility index (Phi) is 7.00. The summed E-state index contributed by atoms with van der Waals surface area (Å²) in [5.41, 5.74) is 2.62. The predicted molar refractivity (Wildman–Crippen MR) is 125 cm³/mol. The van der Waals surface area contributed by atoms with E-state index in [1.165, 1.54) is 5.56 Å². The minimum absolute atomic E-state index is 0.164. The standard InChI is InChI=1S/C27H30N2O2/c30-26(31-22-24-12-6-2-7-13-24)27(28-25-14-8-3-9-15-25)17-20-29(21-18-27)19-16-23-10-4-1-5-11-23/h1-15,28H,16-22H2. The van der Waals surface area contributed by atoms with Crippen LogP contribution in [0.2, 0.25) is 0 Å². The first-order valence-electron chi connectivity index (χ1n) is 11.0. The van der Waals surface area contributed by atoms with Gasteiger partial charge in [0.1, 0.15) is 12.1 Å². The van der Waals surface area contributed by atoms with Gasteiger partial charge in [-0.25, -0.2) is 4.79 Å². The van der Waals surface area contributed by atoms with Crippen LogP contribution in [-0.2, 0) is 22.6 Å². The molecule has 4 rings (SSSR count). The van der Waals surface area contributed by atoms with Crippen molar-refractivity contribution in [3.63, 3.8) is 0 Å². The molecule has 1 fully saturated rings. The predicted octanol–water partition coefficient (Wildman–Crippen LogP) is 4.92. The van der Waals surface area contributed by atoms with Crippen LogP contribution in [0.5, 0.6) is 0 Å². The molecule has 1 saturated heterocycles. The molecule has 0 aromatic heterocycles. The van der Waals surface area contributed by atoms with Gasteiger partial charge in [0.25, 0.3) is 0 Å². The molecule has 3 aromatic carbocycles. The van der Waals surface area contributed by atoms with Crippen molar-refractivity contribution in [1.82, 2.24) is 4.90 Å². The van der Waals surface area contributed by atoms with Crippen molar-refractivity contribution in [1.29, 1.82) is 0 Å². The zero-order valence-electron chi connectivity index (χ0n) is 17.9. The van der Waals surface area contributed by atoms with Gasteiger partial charge in [0.2, 0.25) is 0 Å². The molecule has 3 aromatic rings. The topological polar surface area (TPSA) is 41.6 Å². The molecule has 1 heterocycles. The van der Waals surface area contributed by atoms with E-state index in [9.17, 15) is 4.79 Å². The fourth-order valence-electron chi connectivity index (χ4n) is 4.13. The summed E-state index contributed by atoms with van der Waals surface area (Å²) in [7, 11) is 0. The van der Waals surface area contributed by atoms with Crippen LogP contribution < -0.4 is 5.32 Å². The molecule has 160 valence electrons. The molecule has 0 radical (unpaired) electrons. The Hall–Kier alpha value is -3.11. The van der Waals surface area contributed by atoms with Crippen LogP contribution in [-0.4, -0.2) is 36.0 Å². The van der Waals surface area contributed by atoms with Crippen molar-refractivity contribution in [2.75, 3.05) is 25.0 Å². The fraction of sp³-hybridized carbons (Fsp3) is 0.296. The van der Waals surface area contributed by atoms with E-state index in [1.54, 1.807) is 0 Å². The summed E-state index contributed by atoms with van der Waals surface area (Å²) in [5.74, 6) is -0.164. The van der Waals surface area contributed by atoms with E-state index in [0.29, 0.717) is 6.61 Å². The SMILES string of the molecule is O=C(OCc1ccccc1)C1(Nc2ccccc2)CCN(CCc2ccccc2)CC1. The van der Waals surface area contributed by atoms with E-state index in [1.807, 2.05) is 60.7 Å². The lowest BCUT2D eigenvalue weighted by Crippen LogP contribution is -2.55. The van der Waals surface area contributed by atoms with Gasteiger partial charge in [-0.2, -0.15) is 0 Å². The Morgan fingerprint density at radius 1 is 0.806 bits per heavy atom. The van der Waals surface area contributed by atoms with Gasteiger partial charge in [-0.3, -0.25) is 0 Å². The second-order valence-corrected chi connectivity index (χ2v) is 8.21. The first-order valence-corrected chi connectivity index (χ1v) is 11.0. The number of hydrogen-bond donors (Lipinski definition) is 1. The van der Waals surface area contributed by atoms with Crippen molar-refractivity contribution < 1.29 is 9.53 Å². The molecule has 0 saturated carbocycles. The number of piperidine rings is 1. The minimum atomic E-state index is -0.695. The molecule has 0 bridgehead atoms. The van der Waals surface area contributed by atoms with Gasteiger partial charge in [0, 0.05) is 25.3 Å². The minimum Gasteiger partial charge on any atom is -0.459 e. The summed E-state index contributed by atoms with van der Waals surface area (Å²) in [6.45, 7) is 3.04. The summed E-state index contributed by atoms with van der Waals surface area (Å²) in [4.78, 5) is 15.7. The molecule has 0 spiro atoms. The molecule has 0 aliphatic carbocycles. The smallest absolute Gasteiger partial charge is 0.332 e. The van der Waals surface area contributed by atoms with Crippen molar-refractivity contribution >= 4 is 11.7 Å². The number of hydrogen-bond acceptors (Lipinski definition) is 4. The largest absolute Gasteiger partial charge is 0.459 e. The Bertz CT molecular complexity index is 937. The van der Waals surface area contributed by atoms with E-state index in [4.69, 9.17) is 4.74 Å². The normalized spacial score (nSPS) is 15.9. The van der Waals surface area contributed by atoms with E-state index >= 15 is 0 Å². The highest BCUT2D eigenvalue weighted by Crippen LogP contribution is 2.29. The lowest BCUT2D eigenvalue weighted by Gasteiger charge is -2.41. The highest BCUT2D eigenvalue weighted by Gasteiger charge is 2.42. The molecule has 0 atom stereocenters. The van der Waals surface area contributed by atoms with Crippen LogP contribution in [0.1, 0.15) is 24.0 Å². The van der Waals surface area contributed by atoms with Gasteiger partial charge in [-0.15, -0.1) is 0 Å². The van der Waals surface area contributed by atoms with Gasteiger partial charge in [-0.1, -0.05) is 78.9 Å². The average molecular weight is 415 g/mol. The number of esters is 1. The van der Waals surface area contributed by atoms with Crippen LogP contribution in [0.3, 0.4) is 0 Å². The molecule has 4 heteroatoms. The molecule has 0 unspecified atom stereocenters. The monoisotopic (exact) mass is 414 g/mol. The molecular weight excluding hydrogens is 384 g/mol. The summed E-state index contributed by atoms with van der Waals surface area (Å²) < 4.78 is 5.79. The second-order valence-electron chi connectivity index (χ2n) is 8.21. The number of anilines is 1. The van der Waals surface area contributed by atoms with E-state index in [-0.39, 0.29) is 5.97 Å². The maximum Gasteiger partial charge on any atom is 0.332 e. The highest BCUT2D eigenvalue weighted by molar-refractivity contribution is 5.85. The summed E-state index contributed by atoms with van der Waals surface area (Å²) in [6, 6.07) is 30.4. The Morgan fingerprint density at radius 3 is 1.97 bits per heavy atom. The van der Waals surface area contributed by atoms with Gasteiger partial charge in [-0.05, 0) is 42.5 Å². The molecule has 31 heavy (non-hydrogen) atoms. The number of carbonyl (C=O) groups is 1. The Balaban J connectivity index is 1.40. The molecular formula is C27H30N2O2. The Morgan fingerprint density at radius 2 is 1.35 bits per heavy atom. The first-order chi connectivity index (χ1) is 15.2. The average Bonchev–Trinajstić information content (AvgIpc) is 2.84. The quantitative estimate of drug-likeness (QED) is 0.531. The molecule has 0 amide bonds. The number of benzene rings is 3. The van der Waals surface area contributed by atoms with E-state index in [0.717, 1.165) is 50.1 Å². The third-order valence-corrected chi connectivity index (χ3v) is 6.03. The van der Waals surface area contributed by atoms with Gasteiger partial charge in [0.15, 0.2) is 0 Å². The number of carbonyl (C=O) groups excluding carboxylic acids is 1. The molecule has 1 aliphatic heterocycles. The van der Waals surface area contributed by atoms with E-state index < -0.39 is 5.54 Å². The lowest BCUT2D eigenvalue weighted by molar-refractivity contribution is -0.152. The first kappa shape index (κ1) is 21.1. The summed E-state index contributed by atoms with van der Waals surface area (Å²) in [5, 5.41) is 3.52.